The molecule has 1 N–H and O–H groups in total. The van der Waals surface area contributed by atoms with Crippen LogP contribution in [0.5, 0.6) is 0 Å². The smallest absolute Gasteiger partial charge is 0.133 e. The third-order valence-corrected chi connectivity index (χ3v) is 4.58. The molecule has 0 unspecified atom stereocenters. The first-order valence-corrected chi connectivity index (χ1v) is 7.09. The lowest BCUT2D eigenvalue weighted by Crippen LogP contribution is -2.07. The molecular formula is C12H16N2S2. The minimum Gasteiger partial charge on any atom is -0.320 e. The highest BCUT2D eigenvalue weighted by molar-refractivity contribution is 7.21. The van der Waals surface area contributed by atoms with Gasteiger partial charge in [-0.05, 0) is 45.5 Å². The summed E-state index contributed by atoms with van der Waals surface area (Å²) in [5.74, 6) is 0. The monoisotopic (exact) mass is 252 g/mol. The number of nitrogens with one attached hydrogen (secondary N) is 1. The maximum atomic E-state index is 4.49. The molecule has 4 heteroatoms. The Morgan fingerprint density at radius 3 is 2.88 bits per heavy atom. The normalized spacial score (nSPS) is 10.9. The van der Waals surface area contributed by atoms with Crippen molar-refractivity contribution in [2.75, 3.05) is 13.6 Å². The van der Waals surface area contributed by atoms with Gasteiger partial charge in [-0.3, -0.25) is 0 Å². The largest absolute Gasteiger partial charge is 0.320 e. The summed E-state index contributed by atoms with van der Waals surface area (Å²) in [7, 11) is 1.99. The highest BCUT2D eigenvalue weighted by Gasteiger charge is 2.06. The molecule has 2 heterocycles. The third-order valence-electron chi connectivity index (χ3n) is 2.35. The maximum absolute atomic E-state index is 4.49. The van der Waals surface area contributed by atoms with Crippen molar-refractivity contribution in [3.05, 3.63) is 28.1 Å². The van der Waals surface area contributed by atoms with Gasteiger partial charge in [-0.1, -0.05) is 0 Å². The molecule has 0 aromatic carbocycles. The fourth-order valence-corrected chi connectivity index (χ4v) is 3.41. The lowest BCUT2D eigenvalue weighted by molar-refractivity contribution is 0.729. The van der Waals surface area contributed by atoms with Gasteiger partial charge < -0.3 is 5.32 Å². The summed E-state index contributed by atoms with van der Waals surface area (Å²) in [5.41, 5.74) is 0. The van der Waals surface area contributed by atoms with Crippen molar-refractivity contribution in [1.29, 1.82) is 0 Å². The molecule has 0 spiro atoms. The topological polar surface area (TPSA) is 24.9 Å². The molecule has 0 bridgehead atoms. The highest BCUT2D eigenvalue weighted by Crippen LogP contribution is 2.31. The van der Waals surface area contributed by atoms with Crippen molar-refractivity contribution in [1.82, 2.24) is 10.3 Å². The molecular weight excluding hydrogens is 236 g/mol. The van der Waals surface area contributed by atoms with E-state index in [1.165, 1.54) is 21.1 Å². The van der Waals surface area contributed by atoms with Crippen LogP contribution in [-0.2, 0) is 6.42 Å². The Labute approximate surface area is 104 Å². The van der Waals surface area contributed by atoms with E-state index in [4.69, 9.17) is 0 Å². The van der Waals surface area contributed by atoms with Crippen LogP contribution in [0.3, 0.4) is 0 Å². The average Bonchev–Trinajstić information content (AvgIpc) is 2.87. The van der Waals surface area contributed by atoms with E-state index < -0.39 is 0 Å². The maximum Gasteiger partial charge on any atom is 0.133 e. The fourth-order valence-electron chi connectivity index (χ4n) is 1.53. The minimum absolute atomic E-state index is 1.07. The Bertz CT molecular complexity index is 445. The molecule has 0 aliphatic heterocycles. The first kappa shape index (κ1) is 11.8. The van der Waals surface area contributed by atoms with E-state index in [1.807, 2.05) is 35.9 Å². The summed E-state index contributed by atoms with van der Waals surface area (Å²) in [6, 6.07) is 4.32. The second-order valence-electron chi connectivity index (χ2n) is 3.75. The van der Waals surface area contributed by atoms with Gasteiger partial charge in [0.2, 0.25) is 0 Å². The first-order valence-electron chi connectivity index (χ1n) is 5.45. The van der Waals surface area contributed by atoms with Gasteiger partial charge >= 0.3 is 0 Å². The van der Waals surface area contributed by atoms with E-state index in [1.54, 1.807) is 0 Å². The van der Waals surface area contributed by atoms with Crippen LogP contribution in [0, 0.1) is 6.92 Å². The highest BCUT2D eigenvalue weighted by atomic mass is 32.1. The van der Waals surface area contributed by atoms with Crippen LogP contribution >= 0.6 is 22.7 Å². The van der Waals surface area contributed by atoms with Crippen LogP contribution < -0.4 is 5.32 Å². The van der Waals surface area contributed by atoms with Crippen LogP contribution in [0.2, 0.25) is 0 Å². The lowest BCUT2D eigenvalue weighted by atomic mass is 10.3. The first-order chi connectivity index (χ1) is 7.79. The van der Waals surface area contributed by atoms with Crippen molar-refractivity contribution >= 4 is 22.7 Å². The van der Waals surface area contributed by atoms with Crippen LogP contribution in [0.4, 0.5) is 0 Å². The van der Waals surface area contributed by atoms with Crippen molar-refractivity contribution in [2.45, 2.75) is 19.8 Å². The average molecular weight is 252 g/mol. The molecule has 86 valence electrons. The molecule has 2 aromatic rings. The Morgan fingerprint density at radius 1 is 1.31 bits per heavy atom. The van der Waals surface area contributed by atoms with E-state index in [-0.39, 0.29) is 0 Å². The summed E-state index contributed by atoms with van der Waals surface area (Å²) >= 11 is 3.64. The molecule has 0 radical (unpaired) electrons. The van der Waals surface area contributed by atoms with Gasteiger partial charge in [0.05, 0.1) is 4.88 Å². The SMILES string of the molecule is CNCCCc1cnc(-c2ccc(C)s2)s1. The number of aryl methyl sites for hydroxylation is 2. The molecule has 16 heavy (non-hydrogen) atoms. The van der Waals surface area contributed by atoms with Gasteiger partial charge in [0.15, 0.2) is 0 Å². The standard InChI is InChI=1S/C12H16N2S2/c1-9-5-6-11(15-9)12-14-8-10(16-12)4-3-7-13-2/h5-6,8,13H,3-4,7H2,1-2H3. The molecule has 0 aliphatic rings. The number of aromatic nitrogens is 1. The fraction of sp³-hybridized carbons (Fsp3) is 0.417. The predicted octanol–water partition coefficient (Wildman–Crippen LogP) is 3.33. The summed E-state index contributed by atoms with van der Waals surface area (Å²) < 4.78 is 0. The molecule has 2 aromatic heterocycles. The summed E-state index contributed by atoms with van der Waals surface area (Å²) in [5, 5.41) is 4.33. The zero-order valence-corrected chi connectivity index (χ0v) is 11.3. The Hall–Kier alpha value is -0.710. The molecule has 0 aliphatic carbocycles. The van der Waals surface area contributed by atoms with Crippen LogP contribution in [0.1, 0.15) is 16.2 Å². The molecule has 0 saturated carbocycles. The molecule has 2 rings (SSSR count). The molecule has 2 nitrogen and oxygen atoms in total. The van der Waals surface area contributed by atoms with Gasteiger partial charge in [-0.15, -0.1) is 22.7 Å². The van der Waals surface area contributed by atoms with Crippen molar-refractivity contribution < 1.29 is 0 Å². The minimum atomic E-state index is 1.07. The van der Waals surface area contributed by atoms with Gasteiger partial charge in [0, 0.05) is 16.0 Å². The quantitative estimate of drug-likeness (QED) is 0.826. The number of rotatable bonds is 5. The van der Waals surface area contributed by atoms with Gasteiger partial charge in [-0.25, -0.2) is 4.98 Å². The molecule has 0 saturated heterocycles. The van der Waals surface area contributed by atoms with Gasteiger partial charge in [-0.2, -0.15) is 0 Å². The van der Waals surface area contributed by atoms with Crippen molar-refractivity contribution in [2.24, 2.45) is 0 Å². The zero-order chi connectivity index (χ0) is 11.4. The summed E-state index contributed by atoms with van der Waals surface area (Å²) in [6.45, 7) is 3.21. The van der Waals surface area contributed by atoms with E-state index >= 15 is 0 Å². The van der Waals surface area contributed by atoms with Crippen LogP contribution in [-0.4, -0.2) is 18.6 Å². The number of nitrogens with zero attached hydrogens (tertiary/aromatic N) is 1. The van der Waals surface area contributed by atoms with Crippen LogP contribution in [0.25, 0.3) is 9.88 Å². The molecule has 0 atom stereocenters. The second kappa shape index (κ2) is 5.57. The van der Waals surface area contributed by atoms with E-state index in [9.17, 15) is 0 Å². The zero-order valence-electron chi connectivity index (χ0n) is 9.62. The number of hydrogen-bond donors (Lipinski definition) is 1. The Kier molecular flexibility index (Phi) is 4.09. The summed E-state index contributed by atoms with van der Waals surface area (Å²) in [4.78, 5) is 8.52. The van der Waals surface area contributed by atoms with Gasteiger partial charge in [0.1, 0.15) is 5.01 Å². The lowest BCUT2D eigenvalue weighted by Gasteiger charge is -1.95. The van der Waals surface area contributed by atoms with E-state index in [0.29, 0.717) is 0 Å². The van der Waals surface area contributed by atoms with Crippen molar-refractivity contribution in [3.63, 3.8) is 0 Å². The second-order valence-corrected chi connectivity index (χ2v) is 6.15. The molecule has 0 amide bonds. The predicted molar refractivity (Wildman–Crippen MR) is 72.4 cm³/mol. The van der Waals surface area contributed by atoms with Crippen molar-refractivity contribution in [3.8, 4) is 9.88 Å². The van der Waals surface area contributed by atoms with E-state index in [0.717, 1.165) is 18.0 Å². The Morgan fingerprint density at radius 2 is 2.19 bits per heavy atom. The van der Waals surface area contributed by atoms with Crippen LogP contribution in [0.15, 0.2) is 18.3 Å². The number of thiophene rings is 1. The summed E-state index contributed by atoms with van der Waals surface area (Å²) in [6.07, 6.45) is 4.33. The Balaban J connectivity index is 2.02. The van der Waals surface area contributed by atoms with Gasteiger partial charge in [0.25, 0.3) is 0 Å². The molecule has 0 fully saturated rings. The third kappa shape index (κ3) is 2.90. The van der Waals surface area contributed by atoms with E-state index in [2.05, 4.69) is 29.4 Å². The number of hydrogen-bond acceptors (Lipinski definition) is 4. The number of thiazole rings is 1.